The van der Waals surface area contributed by atoms with Crippen molar-refractivity contribution >= 4 is 15.7 Å². The molecular formula is C18H26N2O4S. The Kier molecular flexibility index (Phi) is 5.34. The highest BCUT2D eigenvalue weighted by molar-refractivity contribution is 7.91. The molecule has 0 aliphatic carbocycles. The summed E-state index contributed by atoms with van der Waals surface area (Å²) >= 11 is 0. The van der Waals surface area contributed by atoms with Crippen molar-refractivity contribution in [3.05, 3.63) is 29.8 Å². The van der Waals surface area contributed by atoms with Gasteiger partial charge in [0.15, 0.2) is 9.84 Å². The Labute approximate surface area is 149 Å². The number of nitrogens with zero attached hydrogens (tertiary/aromatic N) is 1. The van der Waals surface area contributed by atoms with Crippen molar-refractivity contribution in [3.63, 3.8) is 0 Å². The van der Waals surface area contributed by atoms with Gasteiger partial charge in [-0.15, -0.1) is 0 Å². The standard InChI is InChI=1S/C18H26N2O4S/c1-13(15-9-19-10-15)18(21)20(16-7-8-25(22,23)12-16)11-14-3-5-17(24-2)6-4-14/h3-6,13,15-16,19H,7-12H2,1-2H3. The highest BCUT2D eigenvalue weighted by Crippen LogP contribution is 2.26. The number of amides is 1. The second-order valence-corrected chi connectivity index (χ2v) is 9.31. The molecule has 0 saturated carbocycles. The molecule has 7 heteroatoms. The zero-order chi connectivity index (χ0) is 18.0. The molecule has 0 spiro atoms. The summed E-state index contributed by atoms with van der Waals surface area (Å²) in [5.74, 6) is 1.31. The zero-order valence-corrected chi connectivity index (χ0v) is 15.6. The lowest BCUT2D eigenvalue weighted by molar-refractivity contribution is -0.140. The molecule has 1 amide bonds. The third-order valence-corrected chi connectivity index (χ3v) is 7.10. The van der Waals surface area contributed by atoms with E-state index in [4.69, 9.17) is 4.74 Å². The predicted molar refractivity (Wildman–Crippen MR) is 96.1 cm³/mol. The van der Waals surface area contributed by atoms with Crippen LogP contribution in [0.3, 0.4) is 0 Å². The second-order valence-electron chi connectivity index (χ2n) is 7.08. The molecule has 2 aliphatic rings. The number of ether oxygens (including phenoxy) is 1. The molecule has 1 aromatic carbocycles. The minimum atomic E-state index is -3.04. The van der Waals surface area contributed by atoms with Crippen molar-refractivity contribution in [1.82, 2.24) is 10.2 Å². The lowest BCUT2D eigenvalue weighted by Crippen LogP contribution is -2.52. The van der Waals surface area contributed by atoms with Crippen LogP contribution < -0.4 is 10.1 Å². The van der Waals surface area contributed by atoms with Gasteiger partial charge >= 0.3 is 0 Å². The maximum Gasteiger partial charge on any atom is 0.226 e. The van der Waals surface area contributed by atoms with Gasteiger partial charge in [-0.3, -0.25) is 4.79 Å². The Hall–Kier alpha value is -1.60. The molecule has 1 N–H and O–H groups in total. The van der Waals surface area contributed by atoms with Gasteiger partial charge in [0.25, 0.3) is 0 Å². The Morgan fingerprint density at radius 3 is 2.48 bits per heavy atom. The fourth-order valence-electron chi connectivity index (χ4n) is 3.46. The Bertz CT molecular complexity index is 713. The van der Waals surface area contributed by atoms with E-state index in [9.17, 15) is 13.2 Å². The van der Waals surface area contributed by atoms with Gasteiger partial charge in [0.05, 0.1) is 18.6 Å². The van der Waals surface area contributed by atoms with E-state index in [1.54, 1.807) is 12.0 Å². The van der Waals surface area contributed by atoms with E-state index >= 15 is 0 Å². The zero-order valence-electron chi connectivity index (χ0n) is 14.8. The van der Waals surface area contributed by atoms with Crippen LogP contribution in [0.1, 0.15) is 18.9 Å². The number of carbonyl (C=O) groups is 1. The fourth-order valence-corrected chi connectivity index (χ4v) is 5.19. The fraction of sp³-hybridized carbons (Fsp3) is 0.611. The monoisotopic (exact) mass is 366 g/mol. The van der Waals surface area contributed by atoms with Crippen molar-refractivity contribution < 1.29 is 17.9 Å². The molecule has 2 fully saturated rings. The first kappa shape index (κ1) is 18.2. The lowest BCUT2D eigenvalue weighted by Gasteiger charge is -2.37. The van der Waals surface area contributed by atoms with Crippen molar-refractivity contribution in [2.75, 3.05) is 31.7 Å². The smallest absolute Gasteiger partial charge is 0.226 e. The minimum absolute atomic E-state index is 0.0596. The summed E-state index contributed by atoms with van der Waals surface area (Å²) in [4.78, 5) is 14.9. The molecule has 0 aromatic heterocycles. The second kappa shape index (κ2) is 7.33. The number of hydrogen-bond acceptors (Lipinski definition) is 5. The normalized spacial score (nSPS) is 23.7. The van der Waals surface area contributed by atoms with E-state index in [2.05, 4.69) is 5.32 Å². The largest absolute Gasteiger partial charge is 0.497 e. The van der Waals surface area contributed by atoms with Crippen LogP contribution in [0, 0.1) is 11.8 Å². The molecular weight excluding hydrogens is 340 g/mol. The van der Waals surface area contributed by atoms with E-state index in [1.165, 1.54) is 0 Å². The number of rotatable bonds is 6. The number of nitrogens with one attached hydrogen (secondary N) is 1. The Morgan fingerprint density at radius 1 is 1.32 bits per heavy atom. The summed E-state index contributed by atoms with van der Waals surface area (Å²) < 4.78 is 29.0. The van der Waals surface area contributed by atoms with Crippen molar-refractivity contribution in [2.24, 2.45) is 11.8 Å². The summed E-state index contributed by atoms with van der Waals surface area (Å²) in [5.41, 5.74) is 0.984. The Balaban J connectivity index is 1.79. The molecule has 6 nitrogen and oxygen atoms in total. The van der Waals surface area contributed by atoms with E-state index in [-0.39, 0.29) is 29.4 Å². The van der Waals surface area contributed by atoms with Gasteiger partial charge in [0, 0.05) is 18.5 Å². The molecule has 1 aromatic rings. The van der Waals surface area contributed by atoms with Crippen molar-refractivity contribution in [2.45, 2.75) is 25.9 Å². The molecule has 2 unspecified atom stereocenters. The van der Waals surface area contributed by atoms with Crippen LogP contribution in [0.5, 0.6) is 5.75 Å². The molecule has 138 valence electrons. The van der Waals surface area contributed by atoms with E-state index < -0.39 is 9.84 Å². The topological polar surface area (TPSA) is 75.7 Å². The number of carbonyl (C=O) groups excluding carboxylic acids is 1. The van der Waals surface area contributed by atoms with Crippen LogP contribution in [0.4, 0.5) is 0 Å². The van der Waals surface area contributed by atoms with Crippen LogP contribution >= 0.6 is 0 Å². The Morgan fingerprint density at radius 2 is 2.00 bits per heavy atom. The molecule has 2 atom stereocenters. The number of benzene rings is 1. The summed E-state index contributed by atoms with van der Waals surface area (Å²) in [6, 6.07) is 7.36. The number of hydrogen-bond donors (Lipinski definition) is 1. The molecule has 2 saturated heterocycles. The first-order valence-corrected chi connectivity index (χ1v) is 10.6. The van der Waals surface area contributed by atoms with Crippen LogP contribution in [-0.2, 0) is 21.2 Å². The molecule has 2 aliphatic heterocycles. The van der Waals surface area contributed by atoms with Gasteiger partial charge < -0.3 is 15.0 Å². The average molecular weight is 366 g/mol. The summed E-state index contributed by atoms with van der Waals surface area (Å²) in [6.45, 7) is 4.10. The van der Waals surface area contributed by atoms with Gasteiger partial charge in [-0.1, -0.05) is 19.1 Å². The van der Waals surface area contributed by atoms with Crippen LogP contribution in [-0.4, -0.2) is 57.0 Å². The van der Waals surface area contributed by atoms with Crippen molar-refractivity contribution in [3.8, 4) is 5.75 Å². The highest BCUT2D eigenvalue weighted by atomic mass is 32.2. The van der Waals surface area contributed by atoms with E-state index in [0.717, 1.165) is 24.4 Å². The maximum absolute atomic E-state index is 13.1. The predicted octanol–water partition coefficient (Wildman–Crippen LogP) is 1.07. The first-order chi connectivity index (χ1) is 11.9. The SMILES string of the molecule is COc1ccc(CN(C(=O)C(C)C2CNC2)C2CCS(=O)(=O)C2)cc1. The summed E-state index contributed by atoms with van der Waals surface area (Å²) in [6.07, 6.45) is 0.528. The highest BCUT2D eigenvalue weighted by Gasteiger charge is 2.38. The van der Waals surface area contributed by atoms with E-state index in [1.807, 2.05) is 31.2 Å². The molecule has 25 heavy (non-hydrogen) atoms. The van der Waals surface area contributed by atoms with Gasteiger partial charge in [-0.05, 0) is 43.1 Å². The average Bonchev–Trinajstić information content (AvgIpc) is 2.90. The third kappa shape index (κ3) is 4.15. The van der Waals surface area contributed by atoms with Crippen LogP contribution in [0.25, 0.3) is 0 Å². The van der Waals surface area contributed by atoms with Gasteiger partial charge in [-0.2, -0.15) is 0 Å². The quantitative estimate of drug-likeness (QED) is 0.815. The van der Waals surface area contributed by atoms with Crippen molar-refractivity contribution in [1.29, 1.82) is 0 Å². The van der Waals surface area contributed by atoms with E-state index in [0.29, 0.717) is 18.9 Å². The molecule has 0 radical (unpaired) electrons. The van der Waals surface area contributed by atoms with Gasteiger partial charge in [-0.25, -0.2) is 8.42 Å². The van der Waals surface area contributed by atoms with Crippen LogP contribution in [0.2, 0.25) is 0 Å². The molecule has 2 heterocycles. The van der Waals surface area contributed by atoms with Crippen LogP contribution in [0.15, 0.2) is 24.3 Å². The first-order valence-electron chi connectivity index (χ1n) is 8.74. The lowest BCUT2D eigenvalue weighted by atomic mass is 9.87. The number of sulfone groups is 1. The summed E-state index contributed by atoms with van der Waals surface area (Å²) in [5, 5.41) is 3.20. The summed E-state index contributed by atoms with van der Waals surface area (Å²) in [7, 11) is -1.43. The van der Waals surface area contributed by atoms with Gasteiger partial charge in [0.2, 0.25) is 5.91 Å². The third-order valence-electron chi connectivity index (χ3n) is 5.35. The molecule has 3 rings (SSSR count). The maximum atomic E-state index is 13.1. The minimum Gasteiger partial charge on any atom is -0.497 e. The van der Waals surface area contributed by atoms with Gasteiger partial charge in [0.1, 0.15) is 5.75 Å². The molecule has 0 bridgehead atoms. The number of methoxy groups -OCH3 is 1.